The van der Waals surface area contributed by atoms with Gasteiger partial charge in [-0.05, 0) is 11.4 Å². The van der Waals surface area contributed by atoms with Gasteiger partial charge in [-0.1, -0.05) is 30.3 Å². The zero-order chi connectivity index (χ0) is 12.7. The third-order valence-corrected chi connectivity index (χ3v) is 2.02. The number of rotatable bonds is 2. The van der Waals surface area contributed by atoms with Gasteiger partial charge in [-0.2, -0.15) is 15.8 Å². The monoisotopic (exact) mass is 218 g/mol. The molecular formula is C13H6N4. The molecule has 0 amide bonds. The Labute approximate surface area is 98.5 Å². The third-order valence-electron chi connectivity index (χ3n) is 2.02. The second-order valence-corrected chi connectivity index (χ2v) is 2.95. The highest BCUT2D eigenvalue weighted by atomic mass is 14.3. The van der Waals surface area contributed by atoms with Gasteiger partial charge in [-0.15, -0.1) is 0 Å². The molecule has 0 saturated heterocycles. The van der Waals surface area contributed by atoms with Gasteiger partial charge in [0, 0.05) is 5.57 Å². The van der Waals surface area contributed by atoms with Crippen LogP contribution in [0.5, 0.6) is 0 Å². The number of benzene rings is 1. The average Bonchev–Trinajstić information content (AvgIpc) is 2.40. The molecule has 0 aliphatic rings. The Morgan fingerprint density at radius 1 is 0.941 bits per heavy atom. The van der Waals surface area contributed by atoms with Crippen LogP contribution in [0.2, 0.25) is 0 Å². The SMILES string of the molecule is N#CC(=C=N)C(=C(C#N)C#N)c1ccccc1. The summed E-state index contributed by atoms with van der Waals surface area (Å²) in [7, 11) is 0. The first-order chi connectivity index (χ1) is 8.28. The normalized spacial score (nSPS) is 7.82. The van der Waals surface area contributed by atoms with Crippen molar-refractivity contribution in [1.29, 1.82) is 21.2 Å². The molecule has 1 aromatic rings. The smallest absolute Gasteiger partial charge is 0.139 e. The van der Waals surface area contributed by atoms with E-state index in [9.17, 15) is 0 Å². The van der Waals surface area contributed by atoms with Gasteiger partial charge < -0.3 is 0 Å². The number of hydrogen-bond acceptors (Lipinski definition) is 4. The molecular weight excluding hydrogens is 212 g/mol. The lowest BCUT2D eigenvalue weighted by Crippen LogP contribution is -1.93. The lowest BCUT2D eigenvalue weighted by atomic mass is 9.95. The summed E-state index contributed by atoms with van der Waals surface area (Å²) in [5.41, 5.74) is 0.358. The summed E-state index contributed by atoms with van der Waals surface area (Å²) in [5, 5.41) is 33.6. The van der Waals surface area contributed by atoms with Crippen LogP contribution in [-0.4, -0.2) is 5.87 Å². The summed E-state index contributed by atoms with van der Waals surface area (Å²) in [6, 6.07) is 13.8. The van der Waals surface area contributed by atoms with Crippen molar-refractivity contribution in [3.63, 3.8) is 0 Å². The van der Waals surface area contributed by atoms with Crippen molar-refractivity contribution in [3.05, 3.63) is 47.0 Å². The van der Waals surface area contributed by atoms with Crippen molar-refractivity contribution >= 4 is 11.4 Å². The molecule has 1 aromatic carbocycles. The van der Waals surface area contributed by atoms with E-state index in [1.165, 1.54) is 0 Å². The summed E-state index contributed by atoms with van der Waals surface area (Å²) >= 11 is 0. The Balaban J connectivity index is 3.63. The highest BCUT2D eigenvalue weighted by Gasteiger charge is 2.14. The zero-order valence-corrected chi connectivity index (χ0v) is 8.73. The number of nitrogens with zero attached hydrogens (tertiary/aromatic N) is 3. The van der Waals surface area contributed by atoms with Crippen LogP contribution in [0.25, 0.3) is 5.57 Å². The standard InChI is InChI=1S/C13H6N4/c14-6-11(7-15)13(12(8-16)9-17)10-4-2-1-3-5-10/h1-5,14H. The Morgan fingerprint density at radius 2 is 1.53 bits per heavy atom. The first-order valence-corrected chi connectivity index (χ1v) is 4.58. The molecule has 0 aliphatic heterocycles. The summed E-state index contributed by atoms with van der Waals surface area (Å²) in [4.78, 5) is 0. The average molecular weight is 218 g/mol. The zero-order valence-electron chi connectivity index (χ0n) is 8.73. The molecule has 1 rings (SSSR count). The maximum atomic E-state index is 8.88. The van der Waals surface area contributed by atoms with Crippen LogP contribution < -0.4 is 0 Å². The highest BCUT2D eigenvalue weighted by molar-refractivity contribution is 5.96. The van der Waals surface area contributed by atoms with E-state index < -0.39 is 0 Å². The van der Waals surface area contributed by atoms with E-state index >= 15 is 0 Å². The Hall–Kier alpha value is -3.12. The molecule has 0 heterocycles. The third kappa shape index (κ3) is 2.46. The largest absolute Gasteiger partial charge is 0.258 e. The van der Waals surface area contributed by atoms with Crippen LogP contribution in [-0.2, 0) is 0 Å². The molecule has 0 aromatic heterocycles. The van der Waals surface area contributed by atoms with E-state index in [0.29, 0.717) is 5.56 Å². The van der Waals surface area contributed by atoms with Gasteiger partial charge in [0.15, 0.2) is 0 Å². The maximum absolute atomic E-state index is 8.88. The van der Waals surface area contributed by atoms with E-state index in [2.05, 4.69) is 0 Å². The molecule has 0 unspecified atom stereocenters. The quantitative estimate of drug-likeness (QED) is 0.468. The Kier molecular flexibility index (Phi) is 4.00. The van der Waals surface area contributed by atoms with Crippen molar-refractivity contribution in [2.24, 2.45) is 0 Å². The molecule has 78 valence electrons. The maximum Gasteiger partial charge on any atom is 0.139 e. The molecule has 4 nitrogen and oxygen atoms in total. The van der Waals surface area contributed by atoms with Gasteiger partial charge in [0.05, 0.1) is 0 Å². The van der Waals surface area contributed by atoms with Crippen molar-refractivity contribution in [1.82, 2.24) is 0 Å². The molecule has 17 heavy (non-hydrogen) atoms. The van der Waals surface area contributed by atoms with Crippen LogP contribution in [0.3, 0.4) is 0 Å². The van der Waals surface area contributed by atoms with Crippen molar-refractivity contribution in [2.45, 2.75) is 0 Å². The number of hydrogen-bond donors (Lipinski definition) is 1. The minimum atomic E-state index is -0.201. The van der Waals surface area contributed by atoms with Crippen molar-refractivity contribution < 1.29 is 0 Å². The molecule has 1 N–H and O–H groups in total. The van der Waals surface area contributed by atoms with Gasteiger partial charge in [-0.3, -0.25) is 5.41 Å². The number of allylic oxidation sites excluding steroid dienone is 3. The number of nitrogens with one attached hydrogen (secondary N) is 1. The van der Waals surface area contributed by atoms with Crippen LogP contribution in [0.4, 0.5) is 0 Å². The first-order valence-electron chi connectivity index (χ1n) is 4.58. The molecule has 0 aliphatic carbocycles. The second-order valence-electron chi connectivity index (χ2n) is 2.95. The molecule has 4 heteroatoms. The predicted molar refractivity (Wildman–Crippen MR) is 61.4 cm³/mol. The summed E-state index contributed by atoms with van der Waals surface area (Å²) < 4.78 is 0. The van der Waals surface area contributed by atoms with E-state index in [1.54, 1.807) is 48.5 Å². The van der Waals surface area contributed by atoms with E-state index in [0.717, 1.165) is 0 Å². The highest BCUT2D eigenvalue weighted by Crippen LogP contribution is 2.24. The fourth-order valence-corrected chi connectivity index (χ4v) is 1.30. The molecule has 0 saturated carbocycles. The van der Waals surface area contributed by atoms with E-state index in [1.807, 2.05) is 5.87 Å². The Morgan fingerprint density at radius 3 is 1.94 bits per heavy atom. The van der Waals surface area contributed by atoms with Gasteiger partial charge in [0.25, 0.3) is 0 Å². The first kappa shape index (κ1) is 12.0. The van der Waals surface area contributed by atoms with Crippen LogP contribution >= 0.6 is 0 Å². The fraction of sp³-hybridized carbons (Fsp3) is 0. The molecule has 0 fully saturated rings. The molecule has 0 bridgehead atoms. The number of nitriles is 3. The predicted octanol–water partition coefficient (Wildman–Crippen LogP) is 2.19. The van der Waals surface area contributed by atoms with Crippen molar-refractivity contribution in [3.8, 4) is 18.2 Å². The lowest BCUT2D eigenvalue weighted by molar-refractivity contribution is 1.44. The van der Waals surface area contributed by atoms with Crippen LogP contribution in [0.1, 0.15) is 5.56 Å². The van der Waals surface area contributed by atoms with Crippen LogP contribution in [0.15, 0.2) is 41.5 Å². The van der Waals surface area contributed by atoms with E-state index in [4.69, 9.17) is 21.2 Å². The second kappa shape index (κ2) is 5.69. The van der Waals surface area contributed by atoms with Gasteiger partial charge in [-0.25, -0.2) is 0 Å². The molecule has 0 radical (unpaired) electrons. The topological polar surface area (TPSA) is 95.2 Å². The Bertz CT molecular complexity index is 611. The van der Waals surface area contributed by atoms with E-state index in [-0.39, 0.29) is 16.7 Å². The molecule has 0 atom stereocenters. The van der Waals surface area contributed by atoms with Gasteiger partial charge >= 0.3 is 0 Å². The van der Waals surface area contributed by atoms with Gasteiger partial charge in [0.1, 0.15) is 29.4 Å². The minimum absolute atomic E-state index is 0.130. The molecule has 0 spiro atoms. The summed E-state index contributed by atoms with van der Waals surface area (Å²) in [5.74, 6) is 1.94. The minimum Gasteiger partial charge on any atom is -0.258 e. The van der Waals surface area contributed by atoms with Gasteiger partial charge in [0.2, 0.25) is 0 Å². The fourth-order valence-electron chi connectivity index (χ4n) is 1.30. The summed E-state index contributed by atoms with van der Waals surface area (Å²) in [6.45, 7) is 0. The van der Waals surface area contributed by atoms with Crippen molar-refractivity contribution in [2.75, 3.05) is 0 Å². The summed E-state index contributed by atoms with van der Waals surface area (Å²) in [6.07, 6.45) is 0. The van der Waals surface area contributed by atoms with Crippen LogP contribution in [0, 0.1) is 39.4 Å². The lowest BCUT2D eigenvalue weighted by Gasteiger charge is -2.03.